The van der Waals surface area contributed by atoms with Crippen LogP contribution in [0.4, 0.5) is 10.5 Å². The number of nitrogens with one attached hydrogen (secondary N) is 2. The zero-order chi connectivity index (χ0) is 23.8. The molecule has 12 heteroatoms. The SMILES string of the molecule is C[C@@H]1CCCC[C@]12NC(=O)N(CC(=O)Nc1ccc(Cl)c(S(=O)(=O)N3CCOCC3)c1)C2=O. The van der Waals surface area contributed by atoms with Crippen molar-refractivity contribution in [2.75, 3.05) is 38.2 Å². The van der Waals surface area contributed by atoms with Crippen molar-refractivity contribution in [2.45, 2.75) is 43.0 Å². The third-order valence-corrected chi connectivity index (χ3v) is 8.99. The van der Waals surface area contributed by atoms with Gasteiger partial charge in [-0.25, -0.2) is 13.2 Å². The van der Waals surface area contributed by atoms with Gasteiger partial charge in [0.2, 0.25) is 15.9 Å². The number of halogens is 1. The van der Waals surface area contributed by atoms with Gasteiger partial charge >= 0.3 is 6.03 Å². The molecule has 1 aromatic carbocycles. The van der Waals surface area contributed by atoms with Gasteiger partial charge in [-0.2, -0.15) is 4.31 Å². The van der Waals surface area contributed by atoms with Crippen LogP contribution in [0, 0.1) is 5.92 Å². The Morgan fingerprint density at radius 3 is 2.70 bits per heavy atom. The molecule has 2 aliphatic heterocycles. The summed E-state index contributed by atoms with van der Waals surface area (Å²) in [7, 11) is -3.87. The molecule has 180 valence electrons. The molecular formula is C21H27ClN4O6S. The quantitative estimate of drug-likeness (QED) is 0.596. The van der Waals surface area contributed by atoms with Crippen molar-refractivity contribution in [1.82, 2.24) is 14.5 Å². The van der Waals surface area contributed by atoms with Crippen LogP contribution in [0.15, 0.2) is 23.1 Å². The second-order valence-corrected chi connectivity index (χ2v) is 11.0. The fourth-order valence-corrected chi connectivity index (χ4v) is 6.60. The van der Waals surface area contributed by atoms with Gasteiger partial charge in [0.15, 0.2) is 0 Å². The number of hydrogen-bond acceptors (Lipinski definition) is 6. The summed E-state index contributed by atoms with van der Waals surface area (Å²) in [6.07, 6.45) is 3.22. The van der Waals surface area contributed by atoms with Crippen LogP contribution in [0.25, 0.3) is 0 Å². The third kappa shape index (κ3) is 4.46. The molecule has 1 aromatic rings. The Kier molecular flexibility index (Phi) is 6.68. The molecule has 1 saturated carbocycles. The lowest BCUT2D eigenvalue weighted by molar-refractivity contribution is -0.136. The molecule has 2 atom stereocenters. The lowest BCUT2D eigenvalue weighted by Crippen LogP contribution is -2.54. The highest BCUT2D eigenvalue weighted by molar-refractivity contribution is 7.89. The summed E-state index contributed by atoms with van der Waals surface area (Å²) in [5, 5.41) is 5.41. The number of sulfonamides is 1. The van der Waals surface area contributed by atoms with Gasteiger partial charge in [0.1, 0.15) is 17.0 Å². The van der Waals surface area contributed by atoms with Gasteiger partial charge in [0.05, 0.1) is 18.2 Å². The van der Waals surface area contributed by atoms with Crippen molar-refractivity contribution in [3.8, 4) is 0 Å². The van der Waals surface area contributed by atoms with E-state index >= 15 is 0 Å². The van der Waals surface area contributed by atoms with E-state index in [0.29, 0.717) is 19.6 Å². The zero-order valence-corrected chi connectivity index (χ0v) is 19.9. The second kappa shape index (κ2) is 9.21. The van der Waals surface area contributed by atoms with Crippen molar-refractivity contribution < 1.29 is 27.5 Å². The molecular weight excluding hydrogens is 472 g/mol. The third-order valence-electron chi connectivity index (χ3n) is 6.61. The van der Waals surface area contributed by atoms with E-state index in [1.807, 2.05) is 6.92 Å². The first-order valence-corrected chi connectivity index (χ1v) is 12.8. The van der Waals surface area contributed by atoms with Crippen LogP contribution in [0.5, 0.6) is 0 Å². The fraction of sp³-hybridized carbons (Fsp3) is 0.571. The van der Waals surface area contributed by atoms with Gasteiger partial charge in [-0.3, -0.25) is 14.5 Å². The average molecular weight is 499 g/mol. The first-order chi connectivity index (χ1) is 15.6. The summed E-state index contributed by atoms with van der Waals surface area (Å²) in [5.74, 6) is -1.02. The van der Waals surface area contributed by atoms with Gasteiger partial charge in [-0.1, -0.05) is 31.4 Å². The van der Waals surface area contributed by atoms with E-state index in [9.17, 15) is 22.8 Å². The number of ether oxygens (including phenoxy) is 1. The maximum absolute atomic E-state index is 13.0. The topological polar surface area (TPSA) is 125 Å². The van der Waals surface area contributed by atoms with Gasteiger partial charge in [-0.05, 0) is 37.0 Å². The van der Waals surface area contributed by atoms with Gasteiger partial charge in [0.25, 0.3) is 5.91 Å². The van der Waals surface area contributed by atoms with E-state index in [-0.39, 0.29) is 40.5 Å². The summed E-state index contributed by atoms with van der Waals surface area (Å²) in [6, 6.07) is 3.55. The van der Waals surface area contributed by atoms with Crippen molar-refractivity contribution in [3.05, 3.63) is 23.2 Å². The molecule has 33 heavy (non-hydrogen) atoms. The average Bonchev–Trinajstić information content (AvgIpc) is 3.02. The predicted molar refractivity (Wildman–Crippen MR) is 120 cm³/mol. The molecule has 1 aliphatic carbocycles. The minimum atomic E-state index is -3.87. The number of imide groups is 1. The monoisotopic (exact) mass is 498 g/mol. The Morgan fingerprint density at radius 1 is 1.27 bits per heavy atom. The van der Waals surface area contributed by atoms with Gasteiger partial charge in [-0.15, -0.1) is 0 Å². The molecule has 0 aromatic heterocycles. The maximum atomic E-state index is 13.0. The van der Waals surface area contributed by atoms with E-state index in [4.69, 9.17) is 16.3 Å². The first kappa shape index (κ1) is 23.9. The number of amides is 4. The number of carbonyl (C=O) groups excluding carboxylic acids is 3. The predicted octanol–water partition coefficient (Wildman–Crippen LogP) is 1.80. The van der Waals surface area contributed by atoms with Crippen LogP contribution >= 0.6 is 11.6 Å². The number of morpholine rings is 1. The van der Waals surface area contributed by atoms with Gasteiger partial charge in [0, 0.05) is 18.8 Å². The minimum absolute atomic E-state index is 0.0139. The number of rotatable bonds is 5. The lowest BCUT2D eigenvalue weighted by Gasteiger charge is -2.36. The fourth-order valence-electron chi connectivity index (χ4n) is 4.69. The van der Waals surface area contributed by atoms with Crippen LogP contribution in [-0.4, -0.2) is 73.9 Å². The molecule has 2 saturated heterocycles. The normalized spacial score (nSPS) is 26.5. The number of nitrogens with zero attached hydrogens (tertiary/aromatic N) is 2. The lowest BCUT2D eigenvalue weighted by atomic mass is 9.73. The Hall–Kier alpha value is -2.21. The summed E-state index contributed by atoms with van der Waals surface area (Å²) in [6.45, 7) is 2.47. The number of urea groups is 1. The highest BCUT2D eigenvalue weighted by Crippen LogP contribution is 2.38. The van der Waals surface area contributed by atoms with Crippen LogP contribution in [-0.2, 0) is 24.3 Å². The van der Waals surface area contributed by atoms with Gasteiger partial charge < -0.3 is 15.4 Å². The van der Waals surface area contributed by atoms with Crippen molar-refractivity contribution in [3.63, 3.8) is 0 Å². The molecule has 4 rings (SSSR count). The Labute approximate surface area is 197 Å². The summed E-state index contributed by atoms with van der Waals surface area (Å²) in [5.41, 5.74) is -0.751. The van der Waals surface area contributed by atoms with E-state index in [1.54, 1.807) is 0 Å². The summed E-state index contributed by atoms with van der Waals surface area (Å²) >= 11 is 6.15. The Morgan fingerprint density at radius 2 is 2.00 bits per heavy atom. The maximum Gasteiger partial charge on any atom is 0.325 e. The molecule has 2 heterocycles. The Balaban J connectivity index is 1.47. The zero-order valence-electron chi connectivity index (χ0n) is 18.3. The van der Waals surface area contributed by atoms with Crippen LogP contribution in [0.2, 0.25) is 5.02 Å². The second-order valence-electron chi connectivity index (χ2n) is 8.65. The van der Waals surface area contributed by atoms with Crippen molar-refractivity contribution in [2.24, 2.45) is 5.92 Å². The Bertz CT molecular complexity index is 1070. The standard InChI is InChI=1S/C21H27ClN4O6S/c1-14-4-2-3-7-21(14)19(28)26(20(29)24-21)13-18(27)23-15-5-6-16(22)17(12-15)33(30,31)25-8-10-32-11-9-25/h5-6,12,14H,2-4,7-11,13H2,1H3,(H,23,27)(H,24,29)/t14-,21+/m1/s1. The molecule has 2 N–H and O–H groups in total. The van der Waals surface area contributed by atoms with E-state index in [0.717, 1.165) is 24.2 Å². The van der Waals surface area contributed by atoms with Crippen LogP contribution in [0.1, 0.15) is 32.6 Å². The van der Waals surface area contributed by atoms with E-state index in [2.05, 4.69) is 10.6 Å². The van der Waals surface area contributed by atoms with E-state index in [1.165, 1.54) is 22.5 Å². The molecule has 0 unspecified atom stereocenters. The molecule has 0 bridgehead atoms. The number of hydrogen-bond donors (Lipinski definition) is 2. The smallest absolute Gasteiger partial charge is 0.325 e. The minimum Gasteiger partial charge on any atom is -0.379 e. The largest absolute Gasteiger partial charge is 0.379 e. The van der Waals surface area contributed by atoms with Crippen LogP contribution < -0.4 is 10.6 Å². The summed E-state index contributed by atoms with van der Waals surface area (Å²) in [4.78, 5) is 39.0. The van der Waals surface area contributed by atoms with Crippen LogP contribution in [0.3, 0.4) is 0 Å². The molecule has 10 nitrogen and oxygen atoms in total. The first-order valence-electron chi connectivity index (χ1n) is 11.0. The summed E-state index contributed by atoms with van der Waals surface area (Å²) < 4.78 is 32.4. The highest BCUT2D eigenvalue weighted by atomic mass is 35.5. The highest BCUT2D eigenvalue weighted by Gasteiger charge is 2.55. The molecule has 0 radical (unpaired) electrons. The van der Waals surface area contributed by atoms with Crippen molar-refractivity contribution >= 4 is 45.2 Å². The molecule has 4 amide bonds. The molecule has 1 spiro atoms. The molecule has 3 aliphatic rings. The number of benzene rings is 1. The number of anilines is 1. The van der Waals surface area contributed by atoms with E-state index < -0.39 is 34.0 Å². The van der Waals surface area contributed by atoms with Crippen molar-refractivity contribution in [1.29, 1.82) is 0 Å². The number of carbonyl (C=O) groups is 3. The molecule has 3 fully saturated rings.